The van der Waals surface area contributed by atoms with Crippen molar-refractivity contribution in [2.24, 2.45) is 0 Å². The second-order valence-electron chi connectivity index (χ2n) is 7.19. The highest BCUT2D eigenvalue weighted by atomic mass is 19.1. The van der Waals surface area contributed by atoms with Crippen molar-refractivity contribution in [2.75, 3.05) is 0 Å². The van der Waals surface area contributed by atoms with Crippen molar-refractivity contribution in [3.63, 3.8) is 0 Å². The molecule has 1 N–H and O–H groups in total. The van der Waals surface area contributed by atoms with Crippen LogP contribution in [-0.4, -0.2) is 11.7 Å². The minimum absolute atomic E-state index is 0.0293. The standard InChI is InChI=1S/C22H20FNO2/c1-13-3-2-4-15(9-13)18-12-21(26)24-19-10-16(11-20(25)22(18)19)14-5-7-17(23)8-6-14/h2-9,16,18H,10-12H2,1H3,(H,24,26)/t16-,18-/m1/s1. The van der Waals surface area contributed by atoms with Gasteiger partial charge in [0.05, 0.1) is 0 Å². The van der Waals surface area contributed by atoms with Crippen LogP contribution in [0.2, 0.25) is 0 Å². The zero-order valence-electron chi connectivity index (χ0n) is 14.6. The van der Waals surface area contributed by atoms with E-state index in [2.05, 4.69) is 5.32 Å². The molecule has 26 heavy (non-hydrogen) atoms. The third-order valence-corrected chi connectivity index (χ3v) is 5.32. The molecular weight excluding hydrogens is 329 g/mol. The molecule has 0 fully saturated rings. The van der Waals surface area contributed by atoms with Crippen molar-refractivity contribution >= 4 is 11.7 Å². The number of amides is 1. The van der Waals surface area contributed by atoms with Gasteiger partial charge >= 0.3 is 0 Å². The van der Waals surface area contributed by atoms with E-state index in [0.717, 1.165) is 28.0 Å². The number of halogens is 1. The van der Waals surface area contributed by atoms with Crippen molar-refractivity contribution in [1.82, 2.24) is 5.32 Å². The molecule has 0 radical (unpaired) electrons. The minimum Gasteiger partial charge on any atom is -0.329 e. The fraction of sp³-hybridized carbons (Fsp3) is 0.273. The van der Waals surface area contributed by atoms with Crippen LogP contribution in [0.25, 0.3) is 0 Å². The predicted octanol–water partition coefficient (Wildman–Crippen LogP) is 4.14. The van der Waals surface area contributed by atoms with E-state index in [1.165, 1.54) is 12.1 Å². The van der Waals surface area contributed by atoms with Crippen molar-refractivity contribution in [2.45, 2.75) is 38.0 Å². The van der Waals surface area contributed by atoms with Crippen molar-refractivity contribution in [3.8, 4) is 0 Å². The lowest BCUT2D eigenvalue weighted by Gasteiger charge is -2.34. The molecule has 4 rings (SSSR count). The normalized spacial score (nSPS) is 22.8. The van der Waals surface area contributed by atoms with E-state index in [9.17, 15) is 14.0 Å². The third-order valence-electron chi connectivity index (χ3n) is 5.32. The molecule has 0 unspecified atom stereocenters. The van der Waals surface area contributed by atoms with Gasteiger partial charge in [0.2, 0.25) is 5.91 Å². The van der Waals surface area contributed by atoms with Crippen LogP contribution in [-0.2, 0) is 9.59 Å². The van der Waals surface area contributed by atoms with Gasteiger partial charge in [0.15, 0.2) is 5.78 Å². The molecule has 132 valence electrons. The first-order valence-electron chi connectivity index (χ1n) is 8.89. The van der Waals surface area contributed by atoms with Gasteiger partial charge in [0.25, 0.3) is 0 Å². The second-order valence-corrected chi connectivity index (χ2v) is 7.19. The minimum atomic E-state index is -0.290. The SMILES string of the molecule is Cc1cccc([C@H]2CC(=O)NC3=C2C(=O)C[C@H](c2ccc(F)cc2)C3)c1. The number of rotatable bonds is 2. The fourth-order valence-corrected chi connectivity index (χ4v) is 4.10. The molecule has 0 bridgehead atoms. The molecule has 1 heterocycles. The number of carbonyl (C=O) groups is 2. The highest BCUT2D eigenvalue weighted by Gasteiger charge is 2.38. The molecule has 2 aliphatic rings. The monoisotopic (exact) mass is 349 g/mol. The topological polar surface area (TPSA) is 46.2 Å². The Morgan fingerprint density at radius 3 is 2.46 bits per heavy atom. The van der Waals surface area contributed by atoms with Crippen LogP contribution < -0.4 is 5.32 Å². The number of nitrogens with one attached hydrogen (secondary N) is 1. The van der Waals surface area contributed by atoms with E-state index >= 15 is 0 Å². The van der Waals surface area contributed by atoms with Crippen LogP contribution >= 0.6 is 0 Å². The molecule has 2 aromatic rings. The van der Waals surface area contributed by atoms with Gasteiger partial charge in [-0.1, -0.05) is 42.0 Å². The number of hydrogen-bond acceptors (Lipinski definition) is 2. The highest BCUT2D eigenvalue weighted by molar-refractivity contribution is 6.02. The van der Waals surface area contributed by atoms with Gasteiger partial charge in [0.1, 0.15) is 5.82 Å². The molecule has 3 nitrogen and oxygen atoms in total. The van der Waals surface area contributed by atoms with Gasteiger partial charge in [-0.25, -0.2) is 4.39 Å². The van der Waals surface area contributed by atoms with E-state index in [-0.39, 0.29) is 29.3 Å². The maximum absolute atomic E-state index is 13.2. The average molecular weight is 349 g/mol. The Kier molecular flexibility index (Phi) is 4.19. The summed E-state index contributed by atoms with van der Waals surface area (Å²) in [6, 6.07) is 14.3. The molecule has 4 heteroatoms. The number of allylic oxidation sites excluding steroid dienone is 2. The van der Waals surface area contributed by atoms with Gasteiger partial charge in [-0.05, 0) is 42.5 Å². The molecule has 0 saturated carbocycles. The Morgan fingerprint density at radius 2 is 1.73 bits per heavy atom. The average Bonchev–Trinajstić information content (AvgIpc) is 2.61. The molecule has 0 spiro atoms. The van der Waals surface area contributed by atoms with Crippen molar-refractivity contribution < 1.29 is 14.0 Å². The van der Waals surface area contributed by atoms with Gasteiger partial charge < -0.3 is 5.32 Å². The van der Waals surface area contributed by atoms with Crippen LogP contribution in [0.15, 0.2) is 59.8 Å². The van der Waals surface area contributed by atoms with Crippen molar-refractivity contribution in [3.05, 3.63) is 82.3 Å². The van der Waals surface area contributed by atoms with Crippen LogP contribution in [0.4, 0.5) is 4.39 Å². The lowest BCUT2D eigenvalue weighted by atomic mass is 9.73. The fourth-order valence-electron chi connectivity index (χ4n) is 4.10. The molecule has 2 atom stereocenters. The quantitative estimate of drug-likeness (QED) is 0.886. The molecule has 0 saturated heterocycles. The zero-order valence-corrected chi connectivity index (χ0v) is 14.6. The van der Waals surface area contributed by atoms with E-state index < -0.39 is 0 Å². The largest absolute Gasteiger partial charge is 0.329 e. The Morgan fingerprint density at radius 1 is 0.962 bits per heavy atom. The zero-order chi connectivity index (χ0) is 18.3. The number of aryl methyl sites for hydroxylation is 1. The Labute approximate surface area is 151 Å². The first-order chi connectivity index (χ1) is 12.5. The van der Waals surface area contributed by atoms with Crippen LogP contribution in [0.5, 0.6) is 0 Å². The smallest absolute Gasteiger partial charge is 0.225 e. The summed E-state index contributed by atoms with van der Waals surface area (Å²) in [4.78, 5) is 25.2. The number of ketones is 1. The van der Waals surface area contributed by atoms with E-state index in [0.29, 0.717) is 19.3 Å². The van der Waals surface area contributed by atoms with E-state index in [1.54, 1.807) is 12.1 Å². The maximum Gasteiger partial charge on any atom is 0.225 e. The summed E-state index contributed by atoms with van der Waals surface area (Å²) in [7, 11) is 0. The van der Waals surface area contributed by atoms with E-state index in [4.69, 9.17) is 0 Å². The Hall–Kier alpha value is -2.75. The lowest BCUT2D eigenvalue weighted by Crippen LogP contribution is -2.38. The first kappa shape index (κ1) is 16.7. The summed E-state index contributed by atoms with van der Waals surface area (Å²) < 4.78 is 13.2. The number of hydrogen-bond donors (Lipinski definition) is 1. The third kappa shape index (κ3) is 3.07. The van der Waals surface area contributed by atoms with Crippen LogP contribution in [0, 0.1) is 12.7 Å². The lowest BCUT2D eigenvalue weighted by molar-refractivity contribution is -0.122. The summed E-state index contributed by atoms with van der Waals surface area (Å²) in [5, 5.41) is 2.92. The van der Waals surface area contributed by atoms with Crippen molar-refractivity contribution in [1.29, 1.82) is 0 Å². The summed E-state index contributed by atoms with van der Waals surface area (Å²) >= 11 is 0. The summed E-state index contributed by atoms with van der Waals surface area (Å²) in [5.74, 6) is -0.477. The van der Waals surface area contributed by atoms with Crippen LogP contribution in [0.1, 0.15) is 47.8 Å². The molecule has 0 aromatic heterocycles. The van der Waals surface area contributed by atoms with Gasteiger partial charge in [-0.15, -0.1) is 0 Å². The number of benzene rings is 2. The molecule has 2 aromatic carbocycles. The maximum atomic E-state index is 13.2. The Balaban J connectivity index is 1.71. The van der Waals surface area contributed by atoms with Crippen LogP contribution in [0.3, 0.4) is 0 Å². The second kappa shape index (κ2) is 6.52. The summed E-state index contributed by atoms with van der Waals surface area (Å²) in [6.07, 6.45) is 1.29. The Bertz CT molecular complexity index is 914. The number of Topliss-reactive ketones (excluding diaryl/α,β-unsaturated/α-hetero) is 1. The predicted molar refractivity (Wildman–Crippen MR) is 97.1 cm³/mol. The van der Waals surface area contributed by atoms with Gasteiger partial charge in [-0.3, -0.25) is 9.59 Å². The van der Waals surface area contributed by atoms with Gasteiger partial charge in [-0.2, -0.15) is 0 Å². The molecule has 1 amide bonds. The molecule has 1 aliphatic carbocycles. The van der Waals surface area contributed by atoms with E-state index in [1.807, 2.05) is 31.2 Å². The summed E-state index contributed by atoms with van der Waals surface area (Å²) in [5.41, 5.74) is 4.54. The highest BCUT2D eigenvalue weighted by Crippen LogP contribution is 2.42. The number of carbonyl (C=O) groups excluding carboxylic acids is 2. The summed E-state index contributed by atoms with van der Waals surface area (Å²) in [6.45, 7) is 2.01. The molecular formula is C22H20FNO2. The first-order valence-corrected chi connectivity index (χ1v) is 8.89. The molecule has 1 aliphatic heterocycles. The van der Waals surface area contributed by atoms with Gasteiger partial charge in [0, 0.05) is 30.0 Å².